The topological polar surface area (TPSA) is 122 Å². The molecule has 0 unspecified atom stereocenters. The predicted molar refractivity (Wildman–Crippen MR) is 120 cm³/mol. The Kier molecular flexibility index (Phi) is 3.76. The van der Waals surface area contributed by atoms with E-state index < -0.39 is 0 Å². The van der Waals surface area contributed by atoms with E-state index in [0.29, 0.717) is 11.3 Å². The molecule has 0 aliphatic rings. The standard InChI is InChI=1S/C23H16N8/c24-16-6-14(10-26-12-16)15-7-19-21(30-31-23(19)28-11-15)20-8-18-17(3-5-27-22(18)29-20)13-2-1-4-25-9-13/h1-12H,24H2,(H,27,29)(H,28,30,31). The fourth-order valence-corrected chi connectivity index (χ4v) is 3.81. The van der Waals surface area contributed by atoms with Crippen molar-refractivity contribution in [1.29, 1.82) is 0 Å². The number of pyridine rings is 4. The van der Waals surface area contributed by atoms with Crippen molar-refractivity contribution in [2.75, 3.05) is 5.73 Å². The molecule has 0 spiro atoms. The van der Waals surface area contributed by atoms with Crippen LogP contribution in [0.15, 0.2) is 73.6 Å². The average molecular weight is 404 g/mol. The highest BCUT2D eigenvalue weighted by atomic mass is 15.2. The van der Waals surface area contributed by atoms with Gasteiger partial charge in [-0.1, -0.05) is 6.07 Å². The number of aromatic amines is 2. The van der Waals surface area contributed by atoms with Gasteiger partial charge in [0.05, 0.1) is 17.1 Å². The number of rotatable bonds is 3. The van der Waals surface area contributed by atoms with Crippen LogP contribution in [0.4, 0.5) is 5.69 Å². The van der Waals surface area contributed by atoms with Gasteiger partial charge in [0, 0.05) is 64.6 Å². The number of H-pyrrole nitrogens is 2. The molecule has 6 heterocycles. The Bertz CT molecular complexity index is 1550. The van der Waals surface area contributed by atoms with Crippen LogP contribution in [0, 0.1) is 0 Å². The summed E-state index contributed by atoms with van der Waals surface area (Å²) in [5.74, 6) is 0. The van der Waals surface area contributed by atoms with Crippen molar-refractivity contribution in [3.8, 4) is 33.6 Å². The summed E-state index contributed by atoms with van der Waals surface area (Å²) in [6, 6.07) is 12.0. The van der Waals surface area contributed by atoms with Crippen LogP contribution < -0.4 is 5.73 Å². The van der Waals surface area contributed by atoms with Crippen LogP contribution in [0.5, 0.6) is 0 Å². The van der Waals surface area contributed by atoms with Crippen LogP contribution in [0.25, 0.3) is 55.7 Å². The number of nitrogens with zero attached hydrogens (tertiary/aromatic N) is 5. The lowest BCUT2D eigenvalue weighted by Gasteiger charge is -2.02. The van der Waals surface area contributed by atoms with Crippen molar-refractivity contribution in [2.45, 2.75) is 0 Å². The molecule has 8 heteroatoms. The van der Waals surface area contributed by atoms with Crippen molar-refractivity contribution < 1.29 is 0 Å². The summed E-state index contributed by atoms with van der Waals surface area (Å²) in [7, 11) is 0. The zero-order chi connectivity index (χ0) is 20.8. The lowest BCUT2D eigenvalue weighted by molar-refractivity contribution is 1.10. The van der Waals surface area contributed by atoms with E-state index >= 15 is 0 Å². The highest BCUT2D eigenvalue weighted by Crippen LogP contribution is 2.33. The Morgan fingerprint density at radius 1 is 0.774 bits per heavy atom. The second-order valence-electron chi connectivity index (χ2n) is 7.25. The Labute approximate surface area is 176 Å². The van der Waals surface area contributed by atoms with Crippen molar-refractivity contribution in [2.24, 2.45) is 0 Å². The number of nitrogen functional groups attached to an aromatic ring is 1. The van der Waals surface area contributed by atoms with Gasteiger partial charge in [0.25, 0.3) is 0 Å². The zero-order valence-corrected chi connectivity index (χ0v) is 16.2. The second kappa shape index (κ2) is 6.74. The minimum absolute atomic E-state index is 0.606. The number of anilines is 1. The third-order valence-electron chi connectivity index (χ3n) is 5.28. The molecular formula is C23H16N8. The van der Waals surface area contributed by atoms with Gasteiger partial charge in [-0.05, 0) is 35.9 Å². The van der Waals surface area contributed by atoms with Gasteiger partial charge in [-0.25, -0.2) is 9.97 Å². The fourth-order valence-electron chi connectivity index (χ4n) is 3.81. The summed E-state index contributed by atoms with van der Waals surface area (Å²) in [5.41, 5.74) is 13.6. The molecule has 0 aromatic carbocycles. The molecule has 0 saturated carbocycles. The SMILES string of the molecule is Nc1cncc(-c2cnc3n[nH]c(-c4cc5c(-c6cccnc6)ccnc5[nH]4)c3c2)c1. The molecule has 0 atom stereocenters. The molecule has 0 aliphatic heterocycles. The third-order valence-corrected chi connectivity index (χ3v) is 5.28. The fraction of sp³-hybridized carbons (Fsp3) is 0. The molecule has 0 aliphatic carbocycles. The summed E-state index contributed by atoms with van der Waals surface area (Å²) in [6.07, 6.45) is 10.6. The van der Waals surface area contributed by atoms with Crippen LogP contribution in [-0.2, 0) is 0 Å². The first-order chi connectivity index (χ1) is 15.3. The van der Waals surface area contributed by atoms with Gasteiger partial charge in [0.1, 0.15) is 5.65 Å². The summed E-state index contributed by atoms with van der Waals surface area (Å²) in [5, 5.41) is 9.40. The summed E-state index contributed by atoms with van der Waals surface area (Å²) >= 11 is 0. The molecule has 0 bridgehead atoms. The Morgan fingerprint density at radius 3 is 2.55 bits per heavy atom. The van der Waals surface area contributed by atoms with Crippen LogP contribution >= 0.6 is 0 Å². The zero-order valence-electron chi connectivity index (χ0n) is 16.2. The smallest absolute Gasteiger partial charge is 0.181 e. The average Bonchev–Trinajstić information content (AvgIpc) is 3.43. The maximum atomic E-state index is 5.90. The van der Waals surface area contributed by atoms with E-state index in [1.807, 2.05) is 36.5 Å². The molecule has 0 saturated heterocycles. The first-order valence-corrected chi connectivity index (χ1v) is 9.70. The molecule has 0 amide bonds. The molecule has 6 rings (SSSR count). The highest BCUT2D eigenvalue weighted by Gasteiger charge is 2.15. The lowest BCUT2D eigenvalue weighted by Crippen LogP contribution is -1.88. The monoisotopic (exact) mass is 404 g/mol. The van der Waals surface area contributed by atoms with Crippen LogP contribution in [0.3, 0.4) is 0 Å². The van der Waals surface area contributed by atoms with Gasteiger partial charge in [-0.2, -0.15) is 5.10 Å². The molecule has 6 aromatic heterocycles. The first kappa shape index (κ1) is 17.3. The summed E-state index contributed by atoms with van der Waals surface area (Å²) in [4.78, 5) is 20.8. The van der Waals surface area contributed by atoms with Gasteiger partial charge in [0.15, 0.2) is 5.65 Å². The van der Waals surface area contributed by atoms with Crippen LogP contribution in [-0.4, -0.2) is 35.1 Å². The quantitative estimate of drug-likeness (QED) is 0.406. The van der Waals surface area contributed by atoms with E-state index in [9.17, 15) is 0 Å². The van der Waals surface area contributed by atoms with Gasteiger partial charge < -0.3 is 10.7 Å². The van der Waals surface area contributed by atoms with Gasteiger partial charge in [-0.3, -0.25) is 15.1 Å². The molecule has 8 nitrogen and oxygen atoms in total. The summed E-state index contributed by atoms with van der Waals surface area (Å²) < 4.78 is 0. The van der Waals surface area contributed by atoms with E-state index in [1.54, 1.807) is 31.0 Å². The highest BCUT2D eigenvalue weighted by molar-refractivity contribution is 5.99. The van der Waals surface area contributed by atoms with Crippen molar-refractivity contribution >= 4 is 27.8 Å². The Hall–Kier alpha value is -4.59. The van der Waals surface area contributed by atoms with Crippen molar-refractivity contribution in [1.82, 2.24) is 35.1 Å². The Balaban J connectivity index is 1.51. The number of fused-ring (bicyclic) bond motifs is 2. The van der Waals surface area contributed by atoms with Crippen molar-refractivity contribution in [3.63, 3.8) is 0 Å². The molecule has 31 heavy (non-hydrogen) atoms. The largest absolute Gasteiger partial charge is 0.397 e. The van der Waals surface area contributed by atoms with E-state index in [0.717, 1.165) is 50.1 Å². The molecular weight excluding hydrogens is 388 g/mol. The summed E-state index contributed by atoms with van der Waals surface area (Å²) in [6.45, 7) is 0. The van der Waals surface area contributed by atoms with E-state index in [4.69, 9.17) is 5.73 Å². The maximum absolute atomic E-state index is 5.90. The molecule has 4 N–H and O–H groups in total. The third kappa shape index (κ3) is 2.89. The number of hydrogen-bond acceptors (Lipinski definition) is 6. The van der Waals surface area contributed by atoms with Crippen molar-refractivity contribution in [3.05, 3.63) is 73.6 Å². The number of nitrogens with two attached hydrogens (primary N) is 1. The number of hydrogen-bond donors (Lipinski definition) is 3. The van der Waals surface area contributed by atoms with E-state index in [-0.39, 0.29) is 0 Å². The number of aromatic nitrogens is 7. The van der Waals surface area contributed by atoms with Crippen LogP contribution in [0.2, 0.25) is 0 Å². The molecule has 0 radical (unpaired) electrons. The van der Waals surface area contributed by atoms with Crippen LogP contribution in [0.1, 0.15) is 0 Å². The molecule has 0 fully saturated rings. The van der Waals surface area contributed by atoms with Gasteiger partial charge >= 0.3 is 0 Å². The predicted octanol–water partition coefficient (Wildman–Crippen LogP) is 4.21. The molecule has 6 aromatic rings. The number of nitrogens with one attached hydrogen (secondary N) is 2. The minimum atomic E-state index is 0.606. The maximum Gasteiger partial charge on any atom is 0.181 e. The Morgan fingerprint density at radius 2 is 1.68 bits per heavy atom. The van der Waals surface area contributed by atoms with Gasteiger partial charge in [0.2, 0.25) is 0 Å². The normalized spacial score (nSPS) is 11.4. The van der Waals surface area contributed by atoms with Gasteiger partial charge in [-0.15, -0.1) is 0 Å². The molecule has 148 valence electrons. The van der Waals surface area contributed by atoms with E-state index in [1.165, 1.54) is 0 Å². The minimum Gasteiger partial charge on any atom is -0.397 e. The second-order valence-corrected chi connectivity index (χ2v) is 7.25. The first-order valence-electron chi connectivity index (χ1n) is 9.70. The lowest BCUT2D eigenvalue weighted by atomic mass is 10.1. The van der Waals surface area contributed by atoms with E-state index in [2.05, 4.69) is 41.2 Å².